The Morgan fingerprint density at radius 1 is 0.848 bits per heavy atom. The number of carbonyl (C=O) groups is 2. The number of carbonyl (C=O) groups excluding carboxylic acids is 2. The van der Waals surface area contributed by atoms with Gasteiger partial charge in [-0.1, -0.05) is 79.6 Å². The van der Waals surface area contributed by atoms with E-state index in [1.165, 1.54) is 22.2 Å². The lowest BCUT2D eigenvalue weighted by molar-refractivity contribution is 0.0789. The maximum absolute atomic E-state index is 12.7. The fourth-order valence-corrected chi connectivity index (χ4v) is 4.37. The minimum atomic E-state index is -0.0935. The zero-order chi connectivity index (χ0) is 23.0. The van der Waals surface area contributed by atoms with Crippen LogP contribution >= 0.6 is 0 Å². The van der Waals surface area contributed by atoms with Crippen molar-refractivity contribution in [1.82, 2.24) is 9.47 Å². The highest BCUT2D eigenvalue weighted by Crippen LogP contribution is 2.28. The molecule has 4 nitrogen and oxygen atoms in total. The molecule has 0 saturated heterocycles. The summed E-state index contributed by atoms with van der Waals surface area (Å²) in [6, 6.07) is 28.4. The molecule has 3 aromatic carbocycles. The number of amides is 1. The molecule has 1 aromatic heterocycles. The van der Waals surface area contributed by atoms with E-state index in [0.717, 1.165) is 38.5 Å². The fourth-order valence-electron chi connectivity index (χ4n) is 4.37. The van der Waals surface area contributed by atoms with E-state index in [0.29, 0.717) is 17.7 Å². The maximum atomic E-state index is 12.7. The van der Waals surface area contributed by atoms with Gasteiger partial charge in [-0.2, -0.15) is 0 Å². The molecule has 1 heterocycles. The first kappa shape index (κ1) is 22.5. The number of aromatic nitrogens is 1. The van der Waals surface area contributed by atoms with Crippen molar-refractivity contribution >= 4 is 23.1 Å². The number of nitrogens with zero attached hydrogens (tertiary/aromatic N) is 2. The van der Waals surface area contributed by atoms with E-state index < -0.39 is 0 Å². The van der Waals surface area contributed by atoms with Gasteiger partial charge in [0.2, 0.25) is 0 Å². The quantitative estimate of drug-likeness (QED) is 0.211. The molecule has 0 fully saturated rings. The zero-order valence-corrected chi connectivity index (χ0v) is 19.1. The molecule has 0 radical (unpaired) electrons. The van der Waals surface area contributed by atoms with Gasteiger partial charge in [-0.25, -0.2) is 0 Å². The lowest BCUT2D eigenvalue weighted by atomic mass is 10.1. The van der Waals surface area contributed by atoms with Gasteiger partial charge in [-0.15, -0.1) is 0 Å². The second-order valence-electron chi connectivity index (χ2n) is 8.45. The van der Waals surface area contributed by atoms with Gasteiger partial charge in [-0.05, 0) is 36.6 Å². The van der Waals surface area contributed by atoms with Crippen LogP contribution in [0.15, 0.2) is 84.9 Å². The molecule has 0 aliphatic rings. The number of aldehydes is 1. The summed E-state index contributed by atoms with van der Waals surface area (Å²) in [6.45, 7) is 1.66. The first-order chi connectivity index (χ1) is 16.2. The smallest absolute Gasteiger partial charge is 0.254 e. The average molecular weight is 439 g/mol. The van der Waals surface area contributed by atoms with E-state index in [9.17, 15) is 9.59 Å². The number of hydrogen-bond donors (Lipinski definition) is 0. The zero-order valence-electron chi connectivity index (χ0n) is 19.1. The van der Waals surface area contributed by atoms with Crippen LogP contribution in [0.5, 0.6) is 0 Å². The van der Waals surface area contributed by atoms with Crippen LogP contribution < -0.4 is 0 Å². The third-order valence-electron chi connectivity index (χ3n) is 6.17. The second-order valence-corrected chi connectivity index (χ2v) is 8.45. The SMILES string of the molecule is CN(CCCCCCn1c(-c2ccccc2)cc2ccccc21)C(=O)c1ccccc1C=O. The largest absolute Gasteiger partial charge is 0.342 e. The summed E-state index contributed by atoms with van der Waals surface area (Å²) in [4.78, 5) is 25.6. The summed E-state index contributed by atoms with van der Waals surface area (Å²) >= 11 is 0. The maximum Gasteiger partial charge on any atom is 0.254 e. The number of fused-ring (bicyclic) bond motifs is 1. The molecule has 0 spiro atoms. The van der Waals surface area contributed by atoms with Crippen molar-refractivity contribution < 1.29 is 9.59 Å². The predicted octanol–water partition coefficient (Wildman–Crippen LogP) is 6.45. The van der Waals surface area contributed by atoms with Crippen LogP contribution in [0.1, 0.15) is 46.4 Å². The second kappa shape index (κ2) is 10.8. The number of hydrogen-bond acceptors (Lipinski definition) is 2. The predicted molar refractivity (Wildman–Crippen MR) is 135 cm³/mol. The molecule has 33 heavy (non-hydrogen) atoms. The molecule has 0 aliphatic heterocycles. The number of para-hydroxylation sites is 1. The molecule has 4 heteroatoms. The van der Waals surface area contributed by atoms with E-state index in [4.69, 9.17) is 0 Å². The molecule has 0 atom stereocenters. The summed E-state index contributed by atoms with van der Waals surface area (Å²) in [7, 11) is 1.81. The minimum Gasteiger partial charge on any atom is -0.342 e. The molecule has 4 aromatic rings. The fraction of sp³-hybridized carbons (Fsp3) is 0.241. The molecule has 4 rings (SSSR count). The Labute approximate surface area is 195 Å². The monoisotopic (exact) mass is 438 g/mol. The molecule has 0 N–H and O–H groups in total. The molecule has 0 aliphatic carbocycles. The molecule has 1 amide bonds. The minimum absolute atomic E-state index is 0.0935. The van der Waals surface area contributed by atoms with Crippen LogP contribution in [0.4, 0.5) is 0 Å². The first-order valence-electron chi connectivity index (χ1n) is 11.6. The topological polar surface area (TPSA) is 42.3 Å². The number of unbranched alkanes of at least 4 members (excludes halogenated alkanes) is 3. The standard InChI is InChI=1S/C29H30N2O2/c1-30(29(33)26-17-9-7-16-25(26)22-32)19-11-2-3-12-20-31-27-18-10-8-15-24(27)21-28(31)23-13-5-4-6-14-23/h4-10,13-18,21-22H,2-3,11-12,19-20H2,1H3. The van der Waals surface area contributed by atoms with Crippen molar-refractivity contribution in [2.75, 3.05) is 13.6 Å². The van der Waals surface area contributed by atoms with E-state index in [1.807, 2.05) is 7.05 Å². The first-order valence-corrected chi connectivity index (χ1v) is 11.6. The van der Waals surface area contributed by atoms with Gasteiger partial charge in [0, 0.05) is 42.3 Å². The average Bonchev–Trinajstić information content (AvgIpc) is 3.24. The van der Waals surface area contributed by atoms with Crippen molar-refractivity contribution in [3.8, 4) is 11.3 Å². The number of rotatable bonds is 10. The third kappa shape index (κ3) is 5.23. The van der Waals surface area contributed by atoms with Gasteiger partial charge >= 0.3 is 0 Å². The Morgan fingerprint density at radius 2 is 1.55 bits per heavy atom. The summed E-state index contributed by atoms with van der Waals surface area (Å²) in [5, 5.41) is 1.27. The summed E-state index contributed by atoms with van der Waals surface area (Å²) in [5.41, 5.74) is 4.70. The lowest BCUT2D eigenvalue weighted by Gasteiger charge is -2.18. The van der Waals surface area contributed by atoms with Gasteiger partial charge in [-0.3, -0.25) is 9.59 Å². The van der Waals surface area contributed by atoms with Crippen molar-refractivity contribution in [3.05, 3.63) is 96.1 Å². The normalized spacial score (nSPS) is 10.9. The molecular formula is C29H30N2O2. The molecule has 0 saturated carbocycles. The van der Waals surface area contributed by atoms with Gasteiger partial charge in [0.15, 0.2) is 6.29 Å². The van der Waals surface area contributed by atoms with E-state index in [2.05, 4.69) is 65.2 Å². The van der Waals surface area contributed by atoms with E-state index >= 15 is 0 Å². The Morgan fingerprint density at radius 3 is 2.36 bits per heavy atom. The van der Waals surface area contributed by atoms with Crippen molar-refractivity contribution in [2.45, 2.75) is 32.2 Å². The van der Waals surface area contributed by atoms with Crippen LogP contribution in [0.25, 0.3) is 22.2 Å². The van der Waals surface area contributed by atoms with Gasteiger partial charge < -0.3 is 9.47 Å². The van der Waals surface area contributed by atoms with Gasteiger partial charge in [0.05, 0.1) is 5.56 Å². The van der Waals surface area contributed by atoms with E-state index in [1.54, 1.807) is 29.2 Å². The van der Waals surface area contributed by atoms with Gasteiger partial charge in [0.25, 0.3) is 5.91 Å². The van der Waals surface area contributed by atoms with Crippen molar-refractivity contribution in [1.29, 1.82) is 0 Å². The van der Waals surface area contributed by atoms with Crippen molar-refractivity contribution in [2.24, 2.45) is 0 Å². The summed E-state index contributed by atoms with van der Waals surface area (Å²) in [6.07, 6.45) is 4.95. The molecule has 0 unspecified atom stereocenters. The third-order valence-corrected chi connectivity index (χ3v) is 6.17. The van der Waals surface area contributed by atoms with Crippen LogP contribution in [-0.2, 0) is 6.54 Å². The van der Waals surface area contributed by atoms with Crippen molar-refractivity contribution in [3.63, 3.8) is 0 Å². The molecule has 0 bridgehead atoms. The van der Waals surface area contributed by atoms with Crippen LogP contribution in [0, 0.1) is 0 Å². The lowest BCUT2D eigenvalue weighted by Crippen LogP contribution is -2.28. The van der Waals surface area contributed by atoms with Gasteiger partial charge in [0.1, 0.15) is 0 Å². The number of aryl methyl sites for hydroxylation is 1. The van der Waals surface area contributed by atoms with Crippen LogP contribution in [0.3, 0.4) is 0 Å². The van der Waals surface area contributed by atoms with Crippen LogP contribution in [-0.4, -0.2) is 35.3 Å². The number of benzene rings is 3. The summed E-state index contributed by atoms with van der Waals surface area (Å²) in [5.74, 6) is -0.0935. The Balaban J connectivity index is 1.31. The Hall–Kier alpha value is -3.66. The van der Waals surface area contributed by atoms with E-state index in [-0.39, 0.29) is 5.91 Å². The highest BCUT2D eigenvalue weighted by molar-refractivity contribution is 6.01. The molecule has 168 valence electrons. The Bertz CT molecular complexity index is 1230. The molecular weight excluding hydrogens is 408 g/mol. The van der Waals surface area contributed by atoms with Crippen LogP contribution in [0.2, 0.25) is 0 Å². The highest BCUT2D eigenvalue weighted by Gasteiger charge is 2.15. The highest BCUT2D eigenvalue weighted by atomic mass is 16.2. The summed E-state index contributed by atoms with van der Waals surface area (Å²) < 4.78 is 2.43. The Kier molecular flexibility index (Phi) is 7.36.